The fourth-order valence-corrected chi connectivity index (χ4v) is 6.57. The number of hydrogen-bond acceptors (Lipinski definition) is 2. The van der Waals surface area contributed by atoms with E-state index in [1.165, 1.54) is 39.0 Å². The van der Waals surface area contributed by atoms with Crippen molar-refractivity contribution in [3.05, 3.63) is 172 Å². The fourth-order valence-electron chi connectivity index (χ4n) is 6.57. The highest BCUT2D eigenvalue weighted by molar-refractivity contribution is 5.77. The molecule has 2 aliphatic carbocycles. The molecule has 2 heteroatoms. The predicted octanol–water partition coefficient (Wildman–Crippen LogP) is 9.40. The van der Waals surface area contributed by atoms with E-state index in [1.54, 1.807) is 0 Å². The zero-order valence-corrected chi connectivity index (χ0v) is 22.3. The van der Waals surface area contributed by atoms with Gasteiger partial charge in [0, 0.05) is 17.0 Å². The Hall–Kier alpha value is -4.87. The van der Waals surface area contributed by atoms with Crippen LogP contribution in [0.1, 0.15) is 58.6 Å². The lowest BCUT2D eigenvalue weighted by atomic mass is 9.61. The second-order valence-corrected chi connectivity index (χ2v) is 10.7. The second-order valence-electron chi connectivity index (χ2n) is 10.7. The lowest BCUT2D eigenvalue weighted by molar-refractivity contribution is 0.430. The van der Waals surface area contributed by atoms with Crippen molar-refractivity contribution >= 4 is 5.57 Å². The summed E-state index contributed by atoms with van der Waals surface area (Å²) in [5, 5.41) is 9.14. The molecule has 0 radical (unpaired) electrons. The van der Waals surface area contributed by atoms with Crippen LogP contribution >= 0.6 is 0 Å². The highest BCUT2D eigenvalue weighted by Crippen LogP contribution is 2.56. The molecule has 4 aromatic carbocycles. The summed E-state index contributed by atoms with van der Waals surface area (Å²) in [5.74, 6) is 2.16. The van der Waals surface area contributed by atoms with E-state index >= 15 is 0 Å². The molecule has 3 aliphatic rings. The summed E-state index contributed by atoms with van der Waals surface area (Å²) >= 11 is 0. The molecule has 1 aliphatic heterocycles. The van der Waals surface area contributed by atoms with Crippen LogP contribution in [0.4, 0.5) is 0 Å². The van der Waals surface area contributed by atoms with Crippen LogP contribution in [0.5, 0.6) is 11.5 Å². The molecule has 1 atom stereocenters. The maximum Gasteiger partial charge on any atom is 0.132 e. The Kier molecular flexibility index (Phi) is 6.06. The van der Waals surface area contributed by atoms with E-state index in [-0.39, 0.29) is 0 Å². The summed E-state index contributed by atoms with van der Waals surface area (Å²) < 4.78 is 6.47. The average molecular weight is 516 g/mol. The number of ether oxygens (including phenoxy) is 1. The van der Waals surface area contributed by atoms with Crippen molar-refractivity contribution in [3.8, 4) is 17.6 Å². The largest absolute Gasteiger partial charge is 0.457 e. The van der Waals surface area contributed by atoms with Crippen LogP contribution in [0.3, 0.4) is 0 Å². The van der Waals surface area contributed by atoms with Crippen molar-refractivity contribution in [1.82, 2.24) is 0 Å². The van der Waals surface area contributed by atoms with Gasteiger partial charge in [-0.3, -0.25) is 0 Å². The first kappa shape index (κ1) is 24.2. The fraction of sp³-hybridized carbons (Fsp3) is 0.132. The van der Waals surface area contributed by atoms with E-state index < -0.39 is 5.41 Å². The molecule has 1 unspecified atom stereocenters. The smallest absolute Gasteiger partial charge is 0.132 e. The van der Waals surface area contributed by atoms with Crippen LogP contribution in [0.25, 0.3) is 5.57 Å². The maximum absolute atomic E-state index is 9.14. The number of benzene rings is 4. The van der Waals surface area contributed by atoms with E-state index in [1.807, 2.05) is 12.1 Å². The van der Waals surface area contributed by atoms with Gasteiger partial charge in [0.15, 0.2) is 0 Å². The summed E-state index contributed by atoms with van der Waals surface area (Å²) in [6, 6.07) is 36.3. The molecule has 0 aromatic heterocycles. The van der Waals surface area contributed by atoms with E-state index in [9.17, 15) is 0 Å². The zero-order chi connectivity index (χ0) is 26.9. The maximum atomic E-state index is 9.14. The molecule has 0 saturated carbocycles. The number of hydrogen-bond donors (Lipinski definition) is 0. The molecular weight excluding hydrogens is 486 g/mol. The highest BCUT2D eigenvalue weighted by atomic mass is 16.5. The molecule has 192 valence electrons. The third-order valence-electron chi connectivity index (χ3n) is 8.49. The van der Waals surface area contributed by atoms with Gasteiger partial charge >= 0.3 is 0 Å². The van der Waals surface area contributed by atoms with Gasteiger partial charge < -0.3 is 4.74 Å². The number of allylic oxidation sites excluding steroid dienone is 8. The molecule has 0 bridgehead atoms. The first-order valence-corrected chi connectivity index (χ1v) is 14.0. The topological polar surface area (TPSA) is 33.0 Å². The number of para-hydroxylation sites is 2. The Morgan fingerprint density at radius 3 is 2.23 bits per heavy atom. The van der Waals surface area contributed by atoms with Crippen molar-refractivity contribution in [1.29, 1.82) is 5.26 Å². The summed E-state index contributed by atoms with van der Waals surface area (Å²) in [7, 11) is 0. The molecule has 40 heavy (non-hydrogen) atoms. The van der Waals surface area contributed by atoms with Crippen molar-refractivity contribution in [2.24, 2.45) is 0 Å². The molecule has 2 nitrogen and oxygen atoms in total. The Labute approximate surface area is 235 Å². The number of fused-ring (bicyclic) bond motifs is 2. The standard InChI is InChI=1S/C38H29NO/c39-26-27-17-19-28(20-18-27)29-21-23-30(24-22-29)31-9-8-12-33(25-31)38(32-10-2-1-3-11-32)34-13-4-6-15-36(34)40-37-16-7-5-14-35(37)38/h1-2,4-10,12-21,23-25,29H,3,11,22H2. The Bertz CT molecular complexity index is 1710. The van der Waals surface area contributed by atoms with Crippen molar-refractivity contribution < 1.29 is 4.74 Å². The summed E-state index contributed by atoms with van der Waals surface area (Å²) in [6.45, 7) is 0. The first-order chi connectivity index (χ1) is 19.8. The van der Waals surface area contributed by atoms with Gasteiger partial charge in [-0.1, -0.05) is 109 Å². The van der Waals surface area contributed by atoms with Crippen LogP contribution in [0, 0.1) is 11.3 Å². The summed E-state index contributed by atoms with van der Waals surface area (Å²) in [5.41, 5.74) is 9.02. The quantitative estimate of drug-likeness (QED) is 0.271. The van der Waals surface area contributed by atoms with Crippen molar-refractivity contribution in [3.63, 3.8) is 0 Å². The van der Waals surface area contributed by atoms with Gasteiger partial charge in [-0.15, -0.1) is 0 Å². The predicted molar refractivity (Wildman–Crippen MR) is 161 cm³/mol. The van der Waals surface area contributed by atoms with Gasteiger partial charge in [0.1, 0.15) is 11.5 Å². The Balaban J connectivity index is 1.34. The van der Waals surface area contributed by atoms with Gasteiger partial charge in [0.25, 0.3) is 0 Å². The van der Waals surface area contributed by atoms with E-state index in [0.717, 1.165) is 30.8 Å². The lowest BCUT2D eigenvalue weighted by Crippen LogP contribution is -2.35. The summed E-state index contributed by atoms with van der Waals surface area (Å²) in [4.78, 5) is 0. The highest BCUT2D eigenvalue weighted by Gasteiger charge is 2.46. The molecule has 0 spiro atoms. The molecule has 4 aromatic rings. The molecule has 0 fully saturated rings. The molecule has 7 rings (SSSR count). The van der Waals surface area contributed by atoms with E-state index in [0.29, 0.717) is 11.5 Å². The number of nitriles is 1. The molecule has 0 amide bonds. The van der Waals surface area contributed by atoms with Crippen LogP contribution in [-0.2, 0) is 5.41 Å². The van der Waals surface area contributed by atoms with E-state index in [2.05, 4.69) is 127 Å². The normalized spacial score (nSPS) is 18.4. The number of rotatable bonds is 4. The molecule has 0 saturated heterocycles. The van der Waals surface area contributed by atoms with Gasteiger partial charge in [-0.05, 0) is 71.9 Å². The monoisotopic (exact) mass is 515 g/mol. The third kappa shape index (κ3) is 3.94. The minimum absolute atomic E-state index is 0.319. The number of nitrogens with zero attached hydrogens (tertiary/aromatic N) is 1. The van der Waals surface area contributed by atoms with Gasteiger partial charge in [0.05, 0.1) is 17.0 Å². The van der Waals surface area contributed by atoms with Crippen LogP contribution in [0.15, 0.2) is 139 Å². The minimum atomic E-state index is -0.434. The molecule has 1 heterocycles. The zero-order valence-electron chi connectivity index (χ0n) is 22.3. The van der Waals surface area contributed by atoms with Crippen molar-refractivity contribution in [2.45, 2.75) is 30.6 Å². The lowest BCUT2D eigenvalue weighted by Gasteiger charge is -2.43. The van der Waals surface area contributed by atoms with E-state index in [4.69, 9.17) is 10.00 Å². The molecular formula is C38H29NO. The Morgan fingerprint density at radius 1 is 0.825 bits per heavy atom. The molecule has 0 N–H and O–H groups in total. The first-order valence-electron chi connectivity index (χ1n) is 14.0. The average Bonchev–Trinajstić information content (AvgIpc) is 3.04. The van der Waals surface area contributed by atoms with Crippen LogP contribution in [0.2, 0.25) is 0 Å². The van der Waals surface area contributed by atoms with Gasteiger partial charge in [-0.25, -0.2) is 0 Å². The summed E-state index contributed by atoms with van der Waals surface area (Å²) in [6.07, 6.45) is 16.6. The minimum Gasteiger partial charge on any atom is -0.457 e. The van der Waals surface area contributed by atoms with Crippen LogP contribution in [-0.4, -0.2) is 0 Å². The Morgan fingerprint density at radius 2 is 1.57 bits per heavy atom. The third-order valence-corrected chi connectivity index (χ3v) is 8.49. The van der Waals surface area contributed by atoms with Gasteiger partial charge in [0.2, 0.25) is 0 Å². The van der Waals surface area contributed by atoms with Crippen molar-refractivity contribution in [2.75, 3.05) is 0 Å². The van der Waals surface area contributed by atoms with Gasteiger partial charge in [-0.2, -0.15) is 5.26 Å². The second kappa shape index (κ2) is 10.0. The SMILES string of the molecule is N#Cc1ccc(C2C=CC(c3cccc(C4(C5=CC=CCC5)c5ccccc5Oc5ccccc54)c3)=CC2)cc1. The van der Waals surface area contributed by atoms with Crippen LogP contribution < -0.4 is 4.74 Å².